The zero-order valence-electron chi connectivity index (χ0n) is 11.0. The fourth-order valence-electron chi connectivity index (χ4n) is 2.36. The molecule has 2 rings (SSSR count). The van der Waals surface area contributed by atoms with Crippen LogP contribution in [0.3, 0.4) is 0 Å². The highest BCUT2D eigenvalue weighted by Crippen LogP contribution is 2.41. The van der Waals surface area contributed by atoms with Crippen molar-refractivity contribution in [3.63, 3.8) is 0 Å². The Labute approximate surface area is 98.8 Å². The Bertz CT molecular complexity index is 390. The molecule has 88 valence electrons. The van der Waals surface area contributed by atoms with Gasteiger partial charge in [0.25, 0.3) is 0 Å². The lowest BCUT2D eigenvalue weighted by Gasteiger charge is -2.22. The van der Waals surface area contributed by atoms with Crippen molar-refractivity contribution >= 4 is 0 Å². The van der Waals surface area contributed by atoms with Gasteiger partial charge in [-0.15, -0.1) is 0 Å². The molecule has 16 heavy (non-hydrogen) atoms. The minimum Gasteiger partial charge on any atom is -0.487 e. The minimum atomic E-state index is -0.0326. The number of fused-ring (bicyclic) bond motifs is 1. The van der Waals surface area contributed by atoms with Gasteiger partial charge in [-0.3, -0.25) is 0 Å². The first kappa shape index (κ1) is 11.5. The molecule has 1 aromatic rings. The smallest absolute Gasteiger partial charge is 0.126 e. The largest absolute Gasteiger partial charge is 0.487 e. The van der Waals surface area contributed by atoms with Crippen LogP contribution in [-0.2, 0) is 6.42 Å². The third-order valence-corrected chi connectivity index (χ3v) is 3.61. The second kappa shape index (κ2) is 3.80. The summed E-state index contributed by atoms with van der Waals surface area (Å²) >= 11 is 0. The molecule has 0 aliphatic carbocycles. The third-order valence-electron chi connectivity index (χ3n) is 3.61. The van der Waals surface area contributed by atoms with Crippen LogP contribution in [0.15, 0.2) is 18.2 Å². The molecule has 0 bridgehead atoms. The summed E-state index contributed by atoms with van der Waals surface area (Å²) in [7, 11) is 0. The molecule has 1 heteroatoms. The van der Waals surface area contributed by atoms with Gasteiger partial charge in [0.05, 0.1) is 0 Å². The monoisotopic (exact) mass is 218 g/mol. The van der Waals surface area contributed by atoms with E-state index in [1.165, 1.54) is 11.1 Å². The summed E-state index contributed by atoms with van der Waals surface area (Å²) in [6.07, 6.45) is 1.03. The average molecular weight is 218 g/mol. The lowest BCUT2D eigenvalue weighted by atomic mass is 9.88. The van der Waals surface area contributed by atoms with E-state index < -0.39 is 0 Å². The SMILES string of the molecule is CC(C)C(C)c1cccc2c1OC(C)(C)C2. The first-order chi connectivity index (χ1) is 7.41. The van der Waals surface area contributed by atoms with Crippen molar-refractivity contribution in [1.29, 1.82) is 0 Å². The quantitative estimate of drug-likeness (QED) is 0.724. The van der Waals surface area contributed by atoms with Crippen LogP contribution in [0, 0.1) is 5.92 Å². The van der Waals surface area contributed by atoms with Gasteiger partial charge in [-0.1, -0.05) is 39.0 Å². The topological polar surface area (TPSA) is 9.23 Å². The molecule has 1 unspecified atom stereocenters. The highest BCUT2D eigenvalue weighted by Gasteiger charge is 2.32. The second-order valence-electron chi connectivity index (χ2n) is 5.91. The van der Waals surface area contributed by atoms with Crippen molar-refractivity contribution in [2.75, 3.05) is 0 Å². The number of rotatable bonds is 2. The van der Waals surface area contributed by atoms with E-state index in [0.29, 0.717) is 11.8 Å². The molecule has 0 spiro atoms. The number of benzene rings is 1. The van der Waals surface area contributed by atoms with Crippen molar-refractivity contribution in [2.45, 2.75) is 52.6 Å². The van der Waals surface area contributed by atoms with Crippen LogP contribution in [0.1, 0.15) is 51.7 Å². The highest BCUT2D eigenvalue weighted by atomic mass is 16.5. The number of hydrogen-bond acceptors (Lipinski definition) is 1. The summed E-state index contributed by atoms with van der Waals surface area (Å²) in [5.74, 6) is 2.36. The Morgan fingerprint density at radius 2 is 1.88 bits per heavy atom. The van der Waals surface area contributed by atoms with Crippen molar-refractivity contribution in [1.82, 2.24) is 0 Å². The number of para-hydroxylation sites is 1. The fraction of sp³-hybridized carbons (Fsp3) is 0.600. The predicted molar refractivity (Wildman–Crippen MR) is 68.1 cm³/mol. The summed E-state index contributed by atoms with van der Waals surface area (Å²) in [6.45, 7) is 11.1. The van der Waals surface area contributed by atoms with E-state index in [0.717, 1.165) is 12.2 Å². The summed E-state index contributed by atoms with van der Waals surface area (Å²) in [4.78, 5) is 0. The van der Waals surface area contributed by atoms with Gasteiger partial charge in [0.1, 0.15) is 11.4 Å². The molecular weight excluding hydrogens is 196 g/mol. The Balaban J connectivity index is 2.41. The number of hydrogen-bond donors (Lipinski definition) is 0. The van der Waals surface area contributed by atoms with E-state index >= 15 is 0 Å². The van der Waals surface area contributed by atoms with Gasteiger partial charge < -0.3 is 4.74 Å². The van der Waals surface area contributed by atoms with Crippen LogP contribution in [0.5, 0.6) is 5.75 Å². The molecule has 0 saturated heterocycles. The maximum atomic E-state index is 6.10. The Morgan fingerprint density at radius 3 is 2.50 bits per heavy atom. The molecule has 1 aliphatic heterocycles. The van der Waals surface area contributed by atoms with Gasteiger partial charge in [-0.05, 0) is 36.8 Å². The summed E-state index contributed by atoms with van der Waals surface area (Å²) in [5, 5.41) is 0. The second-order valence-corrected chi connectivity index (χ2v) is 5.91. The van der Waals surface area contributed by atoms with Crippen LogP contribution in [0.25, 0.3) is 0 Å². The van der Waals surface area contributed by atoms with E-state index in [4.69, 9.17) is 4.74 Å². The summed E-state index contributed by atoms with van der Waals surface area (Å²) in [5.41, 5.74) is 2.71. The van der Waals surface area contributed by atoms with Crippen molar-refractivity contribution < 1.29 is 4.74 Å². The van der Waals surface area contributed by atoms with E-state index in [1.54, 1.807) is 0 Å². The lowest BCUT2D eigenvalue weighted by Crippen LogP contribution is -2.25. The van der Waals surface area contributed by atoms with Crippen LogP contribution in [-0.4, -0.2) is 5.60 Å². The Hall–Kier alpha value is -0.980. The maximum Gasteiger partial charge on any atom is 0.126 e. The normalized spacial score (nSPS) is 19.4. The predicted octanol–water partition coefficient (Wildman–Crippen LogP) is 4.16. The van der Waals surface area contributed by atoms with Crippen LogP contribution >= 0.6 is 0 Å². The molecule has 1 atom stereocenters. The molecule has 0 saturated carbocycles. The molecule has 0 radical (unpaired) electrons. The maximum absolute atomic E-state index is 6.10. The van der Waals surface area contributed by atoms with Crippen LogP contribution in [0.4, 0.5) is 0 Å². The van der Waals surface area contributed by atoms with Crippen molar-refractivity contribution in [3.05, 3.63) is 29.3 Å². The minimum absolute atomic E-state index is 0.0326. The van der Waals surface area contributed by atoms with Crippen LogP contribution < -0.4 is 4.74 Å². The van der Waals surface area contributed by atoms with Gasteiger partial charge in [0.2, 0.25) is 0 Å². The van der Waals surface area contributed by atoms with Gasteiger partial charge >= 0.3 is 0 Å². The third kappa shape index (κ3) is 1.95. The van der Waals surface area contributed by atoms with E-state index in [1.807, 2.05) is 0 Å². The molecule has 0 fully saturated rings. The highest BCUT2D eigenvalue weighted by molar-refractivity contribution is 5.47. The van der Waals surface area contributed by atoms with E-state index in [9.17, 15) is 0 Å². The number of ether oxygens (including phenoxy) is 1. The Morgan fingerprint density at radius 1 is 1.19 bits per heavy atom. The van der Waals surface area contributed by atoms with Gasteiger partial charge in [0.15, 0.2) is 0 Å². The molecule has 1 heterocycles. The average Bonchev–Trinajstić information content (AvgIpc) is 2.49. The molecule has 1 aromatic carbocycles. The molecular formula is C15H22O. The van der Waals surface area contributed by atoms with Crippen molar-refractivity contribution in [2.24, 2.45) is 5.92 Å². The summed E-state index contributed by atoms with van der Waals surface area (Å²) < 4.78 is 6.10. The molecule has 1 nitrogen and oxygen atoms in total. The fourth-order valence-corrected chi connectivity index (χ4v) is 2.36. The standard InChI is InChI=1S/C15H22O/c1-10(2)11(3)13-8-6-7-12-9-15(4,5)16-14(12)13/h6-8,10-11H,9H2,1-5H3. The first-order valence-corrected chi connectivity index (χ1v) is 6.21. The zero-order chi connectivity index (χ0) is 11.9. The summed E-state index contributed by atoms with van der Waals surface area (Å²) in [6, 6.07) is 6.57. The molecule has 0 N–H and O–H groups in total. The van der Waals surface area contributed by atoms with Crippen molar-refractivity contribution in [3.8, 4) is 5.75 Å². The van der Waals surface area contributed by atoms with E-state index in [2.05, 4.69) is 52.8 Å². The lowest BCUT2D eigenvalue weighted by molar-refractivity contribution is 0.136. The first-order valence-electron chi connectivity index (χ1n) is 6.21. The van der Waals surface area contributed by atoms with Gasteiger partial charge in [-0.25, -0.2) is 0 Å². The molecule has 0 aromatic heterocycles. The Kier molecular flexibility index (Phi) is 2.73. The van der Waals surface area contributed by atoms with Gasteiger partial charge in [0, 0.05) is 6.42 Å². The molecule has 0 amide bonds. The molecule has 1 aliphatic rings. The van der Waals surface area contributed by atoms with E-state index in [-0.39, 0.29) is 5.60 Å². The zero-order valence-corrected chi connectivity index (χ0v) is 11.0. The van der Waals surface area contributed by atoms with Crippen LogP contribution in [0.2, 0.25) is 0 Å². The van der Waals surface area contributed by atoms with Gasteiger partial charge in [-0.2, -0.15) is 0 Å².